The molecule has 2 heterocycles. The van der Waals surface area contributed by atoms with Crippen LogP contribution in [0.15, 0.2) is 22.8 Å². The van der Waals surface area contributed by atoms with Gasteiger partial charge in [0.25, 0.3) is 5.91 Å². The molecule has 2 atom stereocenters. The van der Waals surface area contributed by atoms with Crippen molar-refractivity contribution < 1.29 is 9.59 Å². The Kier molecular flexibility index (Phi) is 5.14. The Balaban J connectivity index is 2.16. The smallest absolute Gasteiger partial charge is 0.273 e. The Hall–Kier alpha value is -1.43. The standard InChI is InChI=1S/C17H24BrN3O2/c1-11-9-20(16(23)17(3,4)5)10-12(2)21(11)15(22)14-7-6-13(18)8-19-14/h6-8,11-12H,9-10H2,1-5H3. The van der Waals surface area contributed by atoms with E-state index in [1.54, 1.807) is 12.3 Å². The Bertz CT molecular complexity index is 583. The van der Waals surface area contributed by atoms with E-state index in [1.807, 2.05) is 50.5 Å². The molecule has 6 heteroatoms. The Morgan fingerprint density at radius 1 is 1.17 bits per heavy atom. The van der Waals surface area contributed by atoms with Crippen LogP contribution in [0.5, 0.6) is 0 Å². The highest BCUT2D eigenvalue weighted by Crippen LogP contribution is 2.24. The molecule has 5 nitrogen and oxygen atoms in total. The molecule has 0 aromatic carbocycles. The van der Waals surface area contributed by atoms with Gasteiger partial charge < -0.3 is 9.80 Å². The van der Waals surface area contributed by atoms with Crippen LogP contribution in [0.25, 0.3) is 0 Å². The molecule has 1 aromatic heterocycles. The summed E-state index contributed by atoms with van der Waals surface area (Å²) in [6, 6.07) is 3.46. The number of aromatic nitrogens is 1. The van der Waals surface area contributed by atoms with E-state index in [1.165, 1.54) is 0 Å². The first-order valence-electron chi connectivity index (χ1n) is 7.85. The second-order valence-electron chi connectivity index (χ2n) is 7.23. The zero-order chi connectivity index (χ0) is 17.4. The van der Waals surface area contributed by atoms with Gasteiger partial charge in [-0.1, -0.05) is 20.8 Å². The minimum atomic E-state index is -0.404. The van der Waals surface area contributed by atoms with Crippen LogP contribution in [0, 0.1) is 5.41 Å². The minimum absolute atomic E-state index is 0.0389. The topological polar surface area (TPSA) is 53.5 Å². The van der Waals surface area contributed by atoms with Crippen molar-refractivity contribution in [2.45, 2.75) is 46.7 Å². The van der Waals surface area contributed by atoms with E-state index in [0.29, 0.717) is 18.8 Å². The quantitative estimate of drug-likeness (QED) is 0.751. The highest BCUT2D eigenvalue weighted by molar-refractivity contribution is 9.10. The van der Waals surface area contributed by atoms with Crippen LogP contribution in [0.1, 0.15) is 45.1 Å². The fourth-order valence-corrected chi connectivity index (χ4v) is 3.23. The fraction of sp³-hybridized carbons (Fsp3) is 0.588. The van der Waals surface area contributed by atoms with Crippen molar-refractivity contribution in [3.63, 3.8) is 0 Å². The van der Waals surface area contributed by atoms with Gasteiger partial charge in [0.1, 0.15) is 5.69 Å². The summed E-state index contributed by atoms with van der Waals surface area (Å²) in [5, 5.41) is 0. The monoisotopic (exact) mass is 381 g/mol. The summed E-state index contributed by atoms with van der Waals surface area (Å²) < 4.78 is 0.843. The molecule has 0 bridgehead atoms. The largest absolute Gasteiger partial charge is 0.338 e. The number of rotatable bonds is 1. The maximum Gasteiger partial charge on any atom is 0.273 e. The number of hydrogen-bond acceptors (Lipinski definition) is 3. The molecule has 1 fully saturated rings. The number of nitrogens with zero attached hydrogens (tertiary/aromatic N) is 3. The van der Waals surface area contributed by atoms with Crippen molar-refractivity contribution >= 4 is 27.7 Å². The third-order valence-electron chi connectivity index (χ3n) is 4.03. The van der Waals surface area contributed by atoms with Crippen LogP contribution in [0.4, 0.5) is 0 Å². The van der Waals surface area contributed by atoms with Gasteiger partial charge in [0, 0.05) is 41.3 Å². The first kappa shape index (κ1) is 17.9. The number of pyridine rings is 1. The maximum atomic E-state index is 12.7. The molecule has 1 aromatic rings. The summed E-state index contributed by atoms with van der Waals surface area (Å²) >= 11 is 3.33. The summed E-state index contributed by atoms with van der Waals surface area (Å²) in [5.74, 6) is 0.0467. The molecule has 23 heavy (non-hydrogen) atoms. The van der Waals surface area contributed by atoms with E-state index in [0.717, 1.165) is 4.47 Å². The van der Waals surface area contributed by atoms with Crippen LogP contribution in [-0.2, 0) is 4.79 Å². The average molecular weight is 382 g/mol. The van der Waals surface area contributed by atoms with E-state index in [9.17, 15) is 9.59 Å². The summed E-state index contributed by atoms with van der Waals surface area (Å²) in [5.41, 5.74) is 0.0290. The summed E-state index contributed by atoms with van der Waals surface area (Å²) in [6.45, 7) is 10.9. The van der Waals surface area contributed by atoms with Crippen molar-refractivity contribution in [1.82, 2.24) is 14.8 Å². The molecule has 126 valence electrons. The van der Waals surface area contributed by atoms with E-state index < -0.39 is 5.41 Å². The molecule has 1 aliphatic heterocycles. The number of carbonyl (C=O) groups is 2. The Morgan fingerprint density at radius 2 is 1.74 bits per heavy atom. The van der Waals surface area contributed by atoms with E-state index in [2.05, 4.69) is 20.9 Å². The summed E-state index contributed by atoms with van der Waals surface area (Å²) in [6.07, 6.45) is 1.63. The molecular formula is C17H24BrN3O2. The molecule has 1 aliphatic rings. The lowest BCUT2D eigenvalue weighted by Crippen LogP contribution is -2.61. The van der Waals surface area contributed by atoms with Crippen LogP contribution in [-0.4, -0.2) is 51.8 Å². The Labute approximate surface area is 146 Å². The van der Waals surface area contributed by atoms with Gasteiger partial charge in [0.15, 0.2) is 0 Å². The zero-order valence-electron chi connectivity index (χ0n) is 14.3. The molecule has 1 saturated heterocycles. The van der Waals surface area contributed by atoms with Crippen molar-refractivity contribution in [3.05, 3.63) is 28.5 Å². The highest BCUT2D eigenvalue weighted by atomic mass is 79.9. The molecule has 2 unspecified atom stereocenters. The third kappa shape index (κ3) is 3.91. The lowest BCUT2D eigenvalue weighted by atomic mass is 9.93. The maximum absolute atomic E-state index is 12.7. The molecule has 2 rings (SSSR count). The molecular weight excluding hydrogens is 358 g/mol. The van der Waals surface area contributed by atoms with Gasteiger partial charge in [-0.05, 0) is 41.9 Å². The molecule has 0 aliphatic carbocycles. The predicted molar refractivity (Wildman–Crippen MR) is 93.1 cm³/mol. The van der Waals surface area contributed by atoms with E-state index >= 15 is 0 Å². The number of hydrogen-bond donors (Lipinski definition) is 0. The van der Waals surface area contributed by atoms with Gasteiger partial charge in [-0.15, -0.1) is 0 Å². The van der Waals surface area contributed by atoms with E-state index in [-0.39, 0.29) is 23.9 Å². The van der Waals surface area contributed by atoms with Crippen LogP contribution in [0.2, 0.25) is 0 Å². The fourth-order valence-electron chi connectivity index (χ4n) is 3.00. The van der Waals surface area contributed by atoms with Gasteiger partial charge >= 0.3 is 0 Å². The minimum Gasteiger partial charge on any atom is -0.338 e. The SMILES string of the molecule is CC1CN(C(=O)C(C)(C)C)CC(C)N1C(=O)c1ccc(Br)cn1. The zero-order valence-corrected chi connectivity index (χ0v) is 15.9. The second kappa shape index (κ2) is 6.59. The van der Waals surface area contributed by atoms with Gasteiger partial charge in [-0.25, -0.2) is 4.98 Å². The lowest BCUT2D eigenvalue weighted by Gasteiger charge is -2.45. The van der Waals surface area contributed by atoms with Crippen LogP contribution in [0.3, 0.4) is 0 Å². The highest BCUT2D eigenvalue weighted by Gasteiger charge is 2.38. The van der Waals surface area contributed by atoms with Crippen molar-refractivity contribution in [2.24, 2.45) is 5.41 Å². The van der Waals surface area contributed by atoms with Crippen molar-refractivity contribution in [2.75, 3.05) is 13.1 Å². The van der Waals surface area contributed by atoms with Gasteiger partial charge in [-0.2, -0.15) is 0 Å². The van der Waals surface area contributed by atoms with Gasteiger partial charge in [0.05, 0.1) is 0 Å². The van der Waals surface area contributed by atoms with Gasteiger partial charge in [-0.3, -0.25) is 9.59 Å². The third-order valence-corrected chi connectivity index (χ3v) is 4.50. The summed E-state index contributed by atoms with van der Waals surface area (Å²) in [7, 11) is 0. The van der Waals surface area contributed by atoms with Crippen molar-refractivity contribution in [3.8, 4) is 0 Å². The second-order valence-corrected chi connectivity index (χ2v) is 8.15. The Morgan fingerprint density at radius 3 is 2.17 bits per heavy atom. The lowest BCUT2D eigenvalue weighted by molar-refractivity contribution is -0.143. The number of piperazine rings is 1. The van der Waals surface area contributed by atoms with Gasteiger partial charge in [0.2, 0.25) is 5.91 Å². The normalized spacial score (nSPS) is 22.2. The molecule has 0 N–H and O–H groups in total. The molecule has 0 spiro atoms. The van der Waals surface area contributed by atoms with Crippen LogP contribution < -0.4 is 0 Å². The van der Waals surface area contributed by atoms with E-state index in [4.69, 9.17) is 0 Å². The molecule has 0 saturated carbocycles. The number of amides is 2. The average Bonchev–Trinajstić information content (AvgIpc) is 2.45. The first-order valence-corrected chi connectivity index (χ1v) is 8.64. The summed E-state index contributed by atoms with van der Waals surface area (Å²) in [4.78, 5) is 33.2. The van der Waals surface area contributed by atoms with Crippen molar-refractivity contribution in [1.29, 1.82) is 0 Å². The predicted octanol–water partition coefficient (Wildman–Crippen LogP) is 2.95. The number of carbonyl (C=O) groups excluding carboxylic acids is 2. The molecule has 2 amide bonds. The first-order chi connectivity index (χ1) is 10.6. The molecule has 0 radical (unpaired) electrons. The number of halogens is 1. The van der Waals surface area contributed by atoms with Crippen LogP contribution >= 0.6 is 15.9 Å².